The van der Waals surface area contributed by atoms with Crippen LogP contribution in [-0.4, -0.2) is 35.2 Å². The van der Waals surface area contributed by atoms with E-state index in [0.717, 1.165) is 11.1 Å². The van der Waals surface area contributed by atoms with E-state index in [0.29, 0.717) is 5.56 Å². The molecule has 0 aliphatic carbocycles. The molecule has 0 aliphatic heterocycles. The minimum absolute atomic E-state index is 0.0633. The van der Waals surface area contributed by atoms with Crippen LogP contribution in [0.25, 0.3) is 0 Å². The molecule has 0 heterocycles. The highest BCUT2D eigenvalue weighted by molar-refractivity contribution is 5.92. The van der Waals surface area contributed by atoms with E-state index in [1.165, 1.54) is 24.3 Å². The number of nitrogens with zero attached hydrogens (tertiary/aromatic N) is 1. The fourth-order valence-corrected chi connectivity index (χ4v) is 3.86. The highest BCUT2D eigenvalue weighted by Gasteiger charge is 2.29. The molecule has 0 bridgehead atoms. The van der Waals surface area contributed by atoms with Crippen LogP contribution in [0.4, 0.5) is 5.69 Å². The Morgan fingerprint density at radius 2 is 1.41 bits per heavy atom. The van der Waals surface area contributed by atoms with E-state index in [4.69, 9.17) is 10.5 Å². The number of nitro benzene ring substituents is 1. The molecule has 0 spiro atoms. The van der Waals surface area contributed by atoms with Gasteiger partial charge in [-0.25, -0.2) is 0 Å². The number of benzene rings is 3. The molecule has 1 amide bonds. The minimum atomic E-state index is -0.848. The summed E-state index contributed by atoms with van der Waals surface area (Å²) in [5.41, 5.74) is 7.69. The summed E-state index contributed by atoms with van der Waals surface area (Å²) in [5.74, 6) is -2.13. The van der Waals surface area contributed by atoms with Gasteiger partial charge >= 0.3 is 5.97 Å². The van der Waals surface area contributed by atoms with Gasteiger partial charge in [0.1, 0.15) is 6.61 Å². The summed E-state index contributed by atoms with van der Waals surface area (Å²) in [4.78, 5) is 48.8. The van der Waals surface area contributed by atoms with Gasteiger partial charge in [-0.1, -0.05) is 60.7 Å². The molecule has 3 aromatic rings. The van der Waals surface area contributed by atoms with E-state index in [1.54, 1.807) is 0 Å². The van der Waals surface area contributed by atoms with E-state index in [9.17, 15) is 24.5 Å². The highest BCUT2D eigenvalue weighted by atomic mass is 16.6. The molecule has 9 heteroatoms. The first-order valence-electron chi connectivity index (χ1n) is 11.9. The van der Waals surface area contributed by atoms with Gasteiger partial charge in [0.05, 0.1) is 23.4 Å². The number of amides is 1. The highest BCUT2D eigenvalue weighted by Crippen LogP contribution is 2.19. The average molecular weight is 504 g/mol. The molecular weight excluding hydrogens is 474 g/mol. The van der Waals surface area contributed by atoms with Gasteiger partial charge in [0.2, 0.25) is 5.91 Å². The Bertz CT molecular complexity index is 1200. The quantitative estimate of drug-likeness (QED) is 0.207. The minimum Gasteiger partial charge on any atom is -0.461 e. The van der Waals surface area contributed by atoms with Crippen molar-refractivity contribution in [2.75, 3.05) is 6.54 Å². The van der Waals surface area contributed by atoms with Crippen LogP contribution >= 0.6 is 0 Å². The number of carbonyl (C=O) groups excluding carboxylic acids is 3. The number of esters is 1. The van der Waals surface area contributed by atoms with Crippen molar-refractivity contribution in [2.45, 2.75) is 31.9 Å². The molecule has 0 fully saturated rings. The van der Waals surface area contributed by atoms with Crippen molar-refractivity contribution < 1.29 is 24.0 Å². The van der Waals surface area contributed by atoms with Gasteiger partial charge in [0.15, 0.2) is 5.78 Å². The van der Waals surface area contributed by atoms with Crippen molar-refractivity contribution in [1.82, 2.24) is 5.32 Å². The first kappa shape index (κ1) is 27.2. The first-order valence-corrected chi connectivity index (χ1v) is 11.9. The van der Waals surface area contributed by atoms with Crippen molar-refractivity contribution in [3.63, 3.8) is 0 Å². The van der Waals surface area contributed by atoms with Crippen LogP contribution in [0.15, 0.2) is 84.9 Å². The second kappa shape index (κ2) is 13.6. The zero-order chi connectivity index (χ0) is 26.6. The molecule has 192 valence electrons. The lowest BCUT2D eigenvalue weighted by molar-refractivity contribution is -0.384. The van der Waals surface area contributed by atoms with Gasteiger partial charge < -0.3 is 15.8 Å². The molecule has 3 rings (SSSR count). The SMILES string of the molecule is NCC(=O)N[C@@H](Cc1ccccc1)C(=O)C[C@@H](Cc1ccccc1)C(=O)OCc1ccc([N+](=O)[O-])cc1. The molecular formula is C28H29N3O6. The summed E-state index contributed by atoms with van der Waals surface area (Å²) >= 11 is 0. The number of nitrogens with one attached hydrogen (secondary N) is 1. The zero-order valence-electron chi connectivity index (χ0n) is 20.2. The standard InChI is InChI=1S/C28H29N3O6/c29-18-27(33)30-25(16-21-9-5-2-6-10-21)26(32)17-23(15-20-7-3-1-4-8-20)28(34)37-19-22-11-13-24(14-12-22)31(35)36/h1-14,23,25H,15-19,29H2,(H,30,33)/t23-,25+/m1/s1. The van der Waals surface area contributed by atoms with Crippen LogP contribution in [0.5, 0.6) is 0 Å². The number of rotatable bonds is 13. The molecule has 0 aliphatic rings. The number of ether oxygens (including phenoxy) is 1. The molecule has 37 heavy (non-hydrogen) atoms. The van der Waals surface area contributed by atoms with Gasteiger partial charge in [-0.15, -0.1) is 0 Å². The predicted octanol–water partition coefficient (Wildman–Crippen LogP) is 3.14. The van der Waals surface area contributed by atoms with Crippen LogP contribution < -0.4 is 11.1 Å². The number of hydrogen-bond acceptors (Lipinski definition) is 7. The molecule has 2 atom stereocenters. The molecule has 0 saturated heterocycles. The molecule has 0 unspecified atom stereocenters. The van der Waals surface area contributed by atoms with Crippen LogP contribution in [0.3, 0.4) is 0 Å². The van der Waals surface area contributed by atoms with E-state index in [1.807, 2.05) is 60.7 Å². The summed E-state index contributed by atoms with van der Waals surface area (Å²) in [6, 6.07) is 23.4. The van der Waals surface area contributed by atoms with E-state index in [2.05, 4.69) is 5.32 Å². The molecule has 0 saturated carbocycles. The Morgan fingerprint density at radius 3 is 1.95 bits per heavy atom. The predicted molar refractivity (Wildman–Crippen MR) is 137 cm³/mol. The van der Waals surface area contributed by atoms with E-state index in [-0.39, 0.29) is 43.9 Å². The number of non-ortho nitro benzene ring substituents is 1. The van der Waals surface area contributed by atoms with Crippen molar-refractivity contribution in [3.8, 4) is 0 Å². The van der Waals surface area contributed by atoms with Crippen molar-refractivity contribution in [1.29, 1.82) is 0 Å². The molecule has 0 aromatic heterocycles. The molecule has 3 N–H and O–H groups in total. The second-order valence-corrected chi connectivity index (χ2v) is 8.60. The summed E-state index contributed by atoms with van der Waals surface area (Å²) in [5, 5.41) is 13.5. The summed E-state index contributed by atoms with van der Waals surface area (Å²) in [6.07, 6.45) is 0.395. The van der Waals surface area contributed by atoms with Gasteiger partial charge in [0.25, 0.3) is 5.69 Å². The number of hydrogen-bond donors (Lipinski definition) is 2. The maximum atomic E-state index is 13.4. The Kier molecular flexibility index (Phi) is 10.0. The smallest absolute Gasteiger partial charge is 0.310 e. The van der Waals surface area contributed by atoms with E-state index >= 15 is 0 Å². The fraction of sp³-hybridized carbons (Fsp3) is 0.250. The number of carbonyl (C=O) groups is 3. The average Bonchev–Trinajstić information content (AvgIpc) is 2.92. The zero-order valence-corrected chi connectivity index (χ0v) is 20.2. The Hall–Kier alpha value is -4.37. The maximum absolute atomic E-state index is 13.4. The Morgan fingerprint density at radius 1 is 0.838 bits per heavy atom. The van der Waals surface area contributed by atoms with Crippen LogP contribution in [0.1, 0.15) is 23.1 Å². The summed E-state index contributed by atoms with van der Waals surface area (Å²) in [6.45, 7) is -0.350. The largest absolute Gasteiger partial charge is 0.461 e. The van der Waals surface area contributed by atoms with Gasteiger partial charge in [0, 0.05) is 18.6 Å². The first-order chi connectivity index (χ1) is 17.9. The van der Waals surface area contributed by atoms with Crippen molar-refractivity contribution in [3.05, 3.63) is 112 Å². The third-order valence-corrected chi connectivity index (χ3v) is 5.83. The third-order valence-electron chi connectivity index (χ3n) is 5.83. The lowest BCUT2D eigenvalue weighted by Gasteiger charge is -2.21. The monoisotopic (exact) mass is 503 g/mol. The molecule has 9 nitrogen and oxygen atoms in total. The number of nitrogens with two attached hydrogens (primary N) is 1. The number of ketones is 1. The Labute approximate surface area is 214 Å². The van der Waals surface area contributed by atoms with Gasteiger partial charge in [-0.3, -0.25) is 24.5 Å². The van der Waals surface area contributed by atoms with Gasteiger partial charge in [-0.2, -0.15) is 0 Å². The fourth-order valence-electron chi connectivity index (χ4n) is 3.86. The molecule has 3 aromatic carbocycles. The summed E-state index contributed by atoms with van der Waals surface area (Å²) < 4.78 is 5.50. The lowest BCUT2D eigenvalue weighted by Crippen LogP contribution is -2.45. The van der Waals surface area contributed by atoms with Crippen LogP contribution in [-0.2, 0) is 38.6 Å². The molecule has 0 radical (unpaired) electrons. The van der Waals surface area contributed by atoms with Crippen LogP contribution in [0, 0.1) is 16.0 Å². The number of Topliss-reactive ketones (excluding diaryl/α,β-unsaturated/α-hetero) is 1. The maximum Gasteiger partial charge on any atom is 0.310 e. The second-order valence-electron chi connectivity index (χ2n) is 8.60. The normalized spacial score (nSPS) is 12.2. The van der Waals surface area contributed by atoms with E-state index < -0.39 is 28.8 Å². The Balaban J connectivity index is 1.74. The summed E-state index contributed by atoms with van der Waals surface area (Å²) in [7, 11) is 0. The van der Waals surface area contributed by atoms with Gasteiger partial charge in [-0.05, 0) is 41.7 Å². The number of nitro groups is 1. The van der Waals surface area contributed by atoms with Crippen LogP contribution in [0.2, 0.25) is 0 Å². The lowest BCUT2D eigenvalue weighted by atomic mass is 9.90. The van der Waals surface area contributed by atoms with Crippen molar-refractivity contribution >= 4 is 23.3 Å². The topological polar surface area (TPSA) is 142 Å². The van der Waals surface area contributed by atoms with Crippen molar-refractivity contribution in [2.24, 2.45) is 11.7 Å². The third kappa shape index (κ3) is 8.66.